The monoisotopic (exact) mass is 402 g/mol. The van der Waals surface area contributed by atoms with Crippen molar-refractivity contribution in [3.05, 3.63) is 36.4 Å². The number of benzene rings is 1. The number of hydrogen-bond donors (Lipinski definition) is 2. The summed E-state index contributed by atoms with van der Waals surface area (Å²) in [5.41, 5.74) is 0.246. The SMILES string of the molecule is C=CCc1ccc(OCC(O)CN2C(=O)NC3(CCCCCC3)C2=O)c(OC)c1. The second kappa shape index (κ2) is 9.31. The molecule has 29 heavy (non-hydrogen) atoms. The number of rotatable bonds is 8. The van der Waals surface area contributed by atoms with Crippen LogP contribution < -0.4 is 14.8 Å². The van der Waals surface area contributed by atoms with Crippen molar-refractivity contribution in [3.8, 4) is 11.5 Å². The van der Waals surface area contributed by atoms with Crippen LogP contribution in [0.4, 0.5) is 4.79 Å². The number of methoxy groups -OCH3 is 1. The van der Waals surface area contributed by atoms with Gasteiger partial charge in [0.15, 0.2) is 11.5 Å². The minimum absolute atomic E-state index is 0.0543. The molecule has 7 nitrogen and oxygen atoms in total. The van der Waals surface area contributed by atoms with E-state index >= 15 is 0 Å². The number of allylic oxidation sites excluding steroid dienone is 1. The van der Waals surface area contributed by atoms with Crippen molar-refractivity contribution in [2.75, 3.05) is 20.3 Å². The van der Waals surface area contributed by atoms with Crippen molar-refractivity contribution in [3.63, 3.8) is 0 Å². The molecule has 3 rings (SSSR count). The van der Waals surface area contributed by atoms with Crippen molar-refractivity contribution in [2.45, 2.75) is 56.6 Å². The number of nitrogens with zero attached hydrogens (tertiary/aromatic N) is 1. The lowest BCUT2D eigenvalue weighted by Crippen LogP contribution is -2.47. The lowest BCUT2D eigenvalue weighted by atomic mass is 9.90. The average Bonchev–Trinajstić information content (AvgIpc) is 2.87. The molecule has 0 aromatic heterocycles. The number of nitrogens with one attached hydrogen (secondary N) is 1. The molecule has 1 aliphatic heterocycles. The predicted molar refractivity (Wildman–Crippen MR) is 109 cm³/mol. The van der Waals surface area contributed by atoms with Gasteiger partial charge in [0.1, 0.15) is 18.2 Å². The molecule has 0 bridgehead atoms. The third-order valence-electron chi connectivity index (χ3n) is 5.64. The van der Waals surface area contributed by atoms with Gasteiger partial charge in [-0.05, 0) is 37.0 Å². The quantitative estimate of drug-likeness (QED) is 0.516. The summed E-state index contributed by atoms with van der Waals surface area (Å²) in [6, 6.07) is 5.11. The highest BCUT2D eigenvalue weighted by molar-refractivity contribution is 6.07. The molecular weight excluding hydrogens is 372 g/mol. The fourth-order valence-electron chi connectivity index (χ4n) is 4.09. The Morgan fingerprint density at radius 3 is 2.62 bits per heavy atom. The highest BCUT2D eigenvalue weighted by atomic mass is 16.5. The van der Waals surface area contributed by atoms with Crippen LogP contribution in [0.25, 0.3) is 0 Å². The van der Waals surface area contributed by atoms with E-state index in [1.165, 1.54) is 0 Å². The number of amides is 3. The van der Waals surface area contributed by atoms with Crippen molar-refractivity contribution >= 4 is 11.9 Å². The number of imide groups is 1. The molecular formula is C22H30N2O5. The van der Waals surface area contributed by atoms with Gasteiger partial charge in [-0.15, -0.1) is 6.58 Å². The van der Waals surface area contributed by atoms with Gasteiger partial charge in [0.05, 0.1) is 13.7 Å². The van der Waals surface area contributed by atoms with Gasteiger partial charge < -0.3 is 19.9 Å². The first kappa shape index (κ1) is 21.2. The third kappa shape index (κ3) is 4.72. The molecule has 2 aliphatic rings. The first-order chi connectivity index (χ1) is 14.0. The summed E-state index contributed by atoms with van der Waals surface area (Å²) < 4.78 is 11.0. The molecule has 1 saturated carbocycles. The molecule has 2 fully saturated rings. The Labute approximate surface area is 171 Å². The molecule has 3 amide bonds. The van der Waals surface area contributed by atoms with Crippen LogP contribution in [0.5, 0.6) is 11.5 Å². The van der Waals surface area contributed by atoms with Crippen LogP contribution in [0.15, 0.2) is 30.9 Å². The van der Waals surface area contributed by atoms with Crippen LogP contribution in [-0.4, -0.2) is 53.8 Å². The summed E-state index contributed by atoms with van der Waals surface area (Å²) in [4.78, 5) is 26.4. The molecule has 158 valence electrons. The highest BCUT2D eigenvalue weighted by Gasteiger charge is 2.50. The first-order valence-corrected chi connectivity index (χ1v) is 10.2. The average molecular weight is 402 g/mol. The Morgan fingerprint density at radius 2 is 1.97 bits per heavy atom. The van der Waals surface area contributed by atoms with Gasteiger partial charge in [0.25, 0.3) is 5.91 Å². The van der Waals surface area contributed by atoms with E-state index in [1.807, 2.05) is 12.1 Å². The normalized spacial score (nSPS) is 19.6. The lowest BCUT2D eigenvalue weighted by molar-refractivity contribution is -0.132. The molecule has 1 saturated heterocycles. The van der Waals surface area contributed by atoms with Crippen LogP contribution in [0.2, 0.25) is 0 Å². The number of hydrogen-bond acceptors (Lipinski definition) is 5. The molecule has 7 heteroatoms. The summed E-state index contributed by atoms with van der Waals surface area (Å²) >= 11 is 0. The van der Waals surface area contributed by atoms with E-state index in [0.29, 0.717) is 30.8 Å². The zero-order valence-corrected chi connectivity index (χ0v) is 17.0. The summed E-state index contributed by atoms with van der Waals surface area (Å²) in [6.07, 6.45) is 6.85. The van der Waals surface area contributed by atoms with Gasteiger partial charge in [-0.2, -0.15) is 0 Å². The van der Waals surface area contributed by atoms with Gasteiger partial charge in [-0.25, -0.2) is 4.79 Å². The minimum atomic E-state index is -0.997. The maximum absolute atomic E-state index is 12.9. The van der Waals surface area contributed by atoms with E-state index in [4.69, 9.17) is 9.47 Å². The minimum Gasteiger partial charge on any atom is -0.493 e. The van der Waals surface area contributed by atoms with E-state index in [9.17, 15) is 14.7 Å². The Morgan fingerprint density at radius 1 is 1.24 bits per heavy atom. The predicted octanol–water partition coefficient (Wildman–Crippen LogP) is 2.81. The topological polar surface area (TPSA) is 88.1 Å². The molecule has 1 atom stereocenters. The highest BCUT2D eigenvalue weighted by Crippen LogP contribution is 2.33. The van der Waals surface area contributed by atoms with Crippen molar-refractivity contribution in [1.82, 2.24) is 10.2 Å². The molecule has 2 N–H and O–H groups in total. The lowest BCUT2D eigenvalue weighted by Gasteiger charge is -2.25. The number of urea groups is 1. The Hall–Kier alpha value is -2.54. The van der Waals surface area contributed by atoms with E-state index in [-0.39, 0.29) is 19.1 Å². The second-order valence-electron chi connectivity index (χ2n) is 7.79. The molecule has 1 heterocycles. The van der Waals surface area contributed by atoms with Crippen LogP contribution in [0, 0.1) is 0 Å². The number of aliphatic hydroxyl groups is 1. The number of β-amino-alcohol motifs (C(OH)–C–C–N with tert-alkyl or cyclic N) is 1. The molecule has 1 aliphatic carbocycles. The largest absolute Gasteiger partial charge is 0.493 e. The fraction of sp³-hybridized carbons (Fsp3) is 0.545. The van der Waals surface area contributed by atoms with Crippen molar-refractivity contribution in [2.24, 2.45) is 0 Å². The smallest absolute Gasteiger partial charge is 0.325 e. The van der Waals surface area contributed by atoms with Gasteiger partial charge in [0, 0.05) is 0 Å². The molecule has 1 aromatic carbocycles. The Kier molecular flexibility index (Phi) is 6.79. The maximum Gasteiger partial charge on any atom is 0.325 e. The van der Waals surface area contributed by atoms with Crippen LogP contribution in [0.3, 0.4) is 0 Å². The molecule has 1 unspecified atom stereocenters. The molecule has 1 aromatic rings. The van der Waals surface area contributed by atoms with Crippen LogP contribution in [-0.2, 0) is 11.2 Å². The number of ether oxygens (including phenoxy) is 2. The summed E-state index contributed by atoms with van der Waals surface area (Å²) in [6.45, 7) is 3.57. The van der Waals surface area contributed by atoms with Gasteiger partial charge in [-0.1, -0.05) is 37.8 Å². The second-order valence-corrected chi connectivity index (χ2v) is 7.79. The van der Waals surface area contributed by atoms with Gasteiger partial charge in [0.2, 0.25) is 0 Å². The number of carbonyl (C=O) groups excluding carboxylic acids is 2. The fourth-order valence-corrected chi connectivity index (χ4v) is 4.09. The maximum atomic E-state index is 12.9. The van der Waals surface area contributed by atoms with E-state index in [0.717, 1.165) is 36.1 Å². The van der Waals surface area contributed by atoms with Crippen LogP contribution >= 0.6 is 0 Å². The standard InChI is InChI=1S/C22H30N2O5/c1-3-8-16-9-10-18(19(13-16)28-2)29-15-17(25)14-24-20(26)22(23-21(24)27)11-6-4-5-7-12-22/h3,9-10,13,17,25H,1,4-8,11-12,14-15H2,2H3,(H,23,27). The molecule has 0 radical (unpaired) electrons. The Bertz CT molecular complexity index is 756. The Balaban J connectivity index is 1.59. The third-order valence-corrected chi connectivity index (χ3v) is 5.64. The summed E-state index contributed by atoms with van der Waals surface area (Å²) in [7, 11) is 1.55. The van der Waals surface area contributed by atoms with Gasteiger partial charge in [-0.3, -0.25) is 9.69 Å². The molecule has 1 spiro atoms. The number of aliphatic hydroxyl groups excluding tert-OH is 1. The summed E-state index contributed by atoms with van der Waals surface area (Å²) in [5.74, 6) is 0.829. The van der Waals surface area contributed by atoms with Crippen LogP contribution in [0.1, 0.15) is 44.1 Å². The van der Waals surface area contributed by atoms with E-state index < -0.39 is 17.7 Å². The van der Waals surface area contributed by atoms with Crippen molar-refractivity contribution < 1.29 is 24.2 Å². The zero-order chi connectivity index (χ0) is 20.9. The zero-order valence-electron chi connectivity index (χ0n) is 17.0. The van der Waals surface area contributed by atoms with E-state index in [1.54, 1.807) is 19.3 Å². The first-order valence-electron chi connectivity index (χ1n) is 10.2. The summed E-state index contributed by atoms with van der Waals surface area (Å²) in [5, 5.41) is 13.3. The van der Waals surface area contributed by atoms with Crippen molar-refractivity contribution in [1.29, 1.82) is 0 Å². The van der Waals surface area contributed by atoms with Gasteiger partial charge >= 0.3 is 6.03 Å². The number of carbonyl (C=O) groups is 2. The van der Waals surface area contributed by atoms with E-state index in [2.05, 4.69) is 11.9 Å².